The second-order valence-corrected chi connectivity index (χ2v) is 7.33. The minimum absolute atomic E-state index is 0.0553. The van der Waals surface area contributed by atoms with Gasteiger partial charge in [0, 0.05) is 29.6 Å². The van der Waals surface area contributed by atoms with Gasteiger partial charge in [-0.1, -0.05) is 36.4 Å². The Morgan fingerprint density at radius 1 is 0.708 bits per heavy atom. The van der Waals surface area contributed by atoms with Crippen LogP contribution in [-0.2, 0) is 10.2 Å². The average Bonchev–Trinajstić information content (AvgIpc) is 2.92. The van der Waals surface area contributed by atoms with Crippen LogP contribution in [0, 0.1) is 11.8 Å². The van der Waals surface area contributed by atoms with Gasteiger partial charge >= 0.3 is 0 Å². The number of benzene rings is 1. The molecule has 114 valence electrons. The van der Waals surface area contributed by atoms with E-state index >= 15 is 0 Å². The van der Waals surface area contributed by atoms with Gasteiger partial charge in [0.15, 0.2) is 0 Å². The zero-order valence-corrected chi connectivity index (χ0v) is 12.9. The number of hydrogen-bond donors (Lipinski definition) is 0. The van der Waals surface area contributed by atoms with Gasteiger partial charge < -0.3 is 4.74 Å². The largest absolute Gasteiger partial charge is 0.365 e. The lowest BCUT2D eigenvalue weighted by molar-refractivity contribution is 0.0265. The molecule has 3 nitrogen and oxygen atoms in total. The lowest BCUT2D eigenvalue weighted by Crippen LogP contribution is -2.17. The molecule has 4 aliphatic rings. The van der Waals surface area contributed by atoms with Crippen LogP contribution >= 0.6 is 0 Å². The number of hydrogen-bond acceptors (Lipinski definition) is 3. The summed E-state index contributed by atoms with van der Waals surface area (Å²) in [5.74, 6) is 1.04. The van der Waals surface area contributed by atoms with Gasteiger partial charge in [-0.2, -0.15) is 0 Å². The van der Waals surface area contributed by atoms with Crippen molar-refractivity contribution in [2.24, 2.45) is 11.8 Å². The topological polar surface area (TPSA) is 35.0 Å². The van der Waals surface area contributed by atoms with Crippen molar-refractivity contribution in [3.05, 3.63) is 83.2 Å². The molecule has 2 aromatic heterocycles. The van der Waals surface area contributed by atoms with Gasteiger partial charge in [0.05, 0.1) is 23.6 Å². The predicted molar refractivity (Wildman–Crippen MR) is 88.2 cm³/mol. The molecule has 0 amide bonds. The first-order chi connectivity index (χ1) is 11.9. The van der Waals surface area contributed by atoms with Gasteiger partial charge in [-0.25, -0.2) is 0 Å². The molecule has 1 spiro atoms. The van der Waals surface area contributed by atoms with Crippen LogP contribution in [0.25, 0.3) is 11.4 Å². The van der Waals surface area contributed by atoms with E-state index < -0.39 is 0 Å². The molecule has 4 atom stereocenters. The van der Waals surface area contributed by atoms with Crippen molar-refractivity contribution in [1.82, 2.24) is 9.97 Å². The molecule has 1 saturated heterocycles. The van der Waals surface area contributed by atoms with Crippen LogP contribution in [0.2, 0.25) is 0 Å². The lowest BCUT2D eigenvalue weighted by Gasteiger charge is -2.21. The summed E-state index contributed by atoms with van der Waals surface area (Å²) in [5, 5.41) is 0. The minimum Gasteiger partial charge on any atom is -0.365 e. The first-order valence-electron chi connectivity index (χ1n) is 8.58. The highest BCUT2D eigenvalue weighted by Gasteiger charge is 2.80. The van der Waals surface area contributed by atoms with Crippen molar-refractivity contribution in [2.75, 3.05) is 0 Å². The summed E-state index contributed by atoms with van der Waals surface area (Å²) in [6.45, 7) is 0. The molecule has 2 bridgehead atoms. The van der Waals surface area contributed by atoms with Gasteiger partial charge in [-0.05, 0) is 34.4 Å². The Labute approximate surface area is 139 Å². The molecule has 3 aromatic rings. The number of nitrogens with zero attached hydrogens (tertiary/aromatic N) is 2. The van der Waals surface area contributed by atoms with E-state index in [9.17, 15) is 0 Å². The predicted octanol–water partition coefficient (Wildman–Crippen LogP) is 3.82. The Balaban J connectivity index is 1.52. The molecule has 0 radical (unpaired) electrons. The summed E-state index contributed by atoms with van der Waals surface area (Å²) in [6, 6.07) is 17.4. The Morgan fingerprint density at radius 3 is 1.79 bits per heavy atom. The highest BCUT2D eigenvalue weighted by atomic mass is 16.5. The third-order valence-electron chi connectivity index (χ3n) is 6.62. The second-order valence-electron chi connectivity index (χ2n) is 7.33. The van der Waals surface area contributed by atoms with Crippen molar-refractivity contribution in [3.63, 3.8) is 0 Å². The van der Waals surface area contributed by atoms with Gasteiger partial charge in [0.1, 0.15) is 0 Å². The molecule has 7 rings (SSSR count). The number of pyridine rings is 2. The van der Waals surface area contributed by atoms with Crippen LogP contribution in [-0.4, -0.2) is 9.97 Å². The van der Waals surface area contributed by atoms with Gasteiger partial charge in [-0.3, -0.25) is 9.97 Å². The summed E-state index contributed by atoms with van der Waals surface area (Å²) in [4.78, 5) is 9.36. The van der Waals surface area contributed by atoms with Crippen LogP contribution in [0.15, 0.2) is 60.9 Å². The highest BCUT2D eigenvalue weighted by Crippen LogP contribution is 2.83. The van der Waals surface area contributed by atoms with Crippen LogP contribution in [0.5, 0.6) is 0 Å². The monoisotopic (exact) mass is 310 g/mol. The van der Waals surface area contributed by atoms with Gasteiger partial charge in [0.25, 0.3) is 0 Å². The minimum atomic E-state index is 0.0553. The van der Waals surface area contributed by atoms with E-state index in [1.54, 1.807) is 0 Å². The number of aromatic nitrogens is 2. The maximum Gasteiger partial charge on any atom is 0.0930 e. The molecule has 4 heterocycles. The van der Waals surface area contributed by atoms with E-state index in [1.807, 2.05) is 12.4 Å². The molecule has 0 unspecified atom stereocenters. The van der Waals surface area contributed by atoms with Crippen molar-refractivity contribution >= 4 is 0 Å². The normalized spacial score (nSPS) is 31.5. The first kappa shape index (κ1) is 11.9. The molecule has 1 saturated carbocycles. The maximum absolute atomic E-state index is 6.38. The van der Waals surface area contributed by atoms with Crippen LogP contribution in [0.1, 0.15) is 34.5 Å². The third kappa shape index (κ3) is 1.03. The molecule has 0 N–H and O–H groups in total. The van der Waals surface area contributed by atoms with Gasteiger partial charge in [0.2, 0.25) is 0 Å². The van der Waals surface area contributed by atoms with Crippen molar-refractivity contribution < 1.29 is 4.74 Å². The number of ether oxygens (including phenoxy) is 1. The highest BCUT2D eigenvalue weighted by molar-refractivity contribution is 5.79. The smallest absolute Gasteiger partial charge is 0.0930 e. The number of rotatable bonds is 0. The Kier molecular flexibility index (Phi) is 1.79. The van der Waals surface area contributed by atoms with E-state index in [-0.39, 0.29) is 17.6 Å². The van der Waals surface area contributed by atoms with Crippen molar-refractivity contribution in [2.45, 2.75) is 17.6 Å². The fraction of sp³-hybridized carbons (Fsp3) is 0.238. The molecular weight excluding hydrogens is 296 g/mol. The molecular formula is C21H14N2O. The molecule has 2 aliphatic carbocycles. The van der Waals surface area contributed by atoms with Crippen molar-refractivity contribution in [3.8, 4) is 11.4 Å². The summed E-state index contributed by atoms with van der Waals surface area (Å²) in [6.07, 6.45) is 4.20. The molecule has 1 aromatic carbocycles. The fourth-order valence-corrected chi connectivity index (χ4v) is 5.91. The summed E-state index contributed by atoms with van der Waals surface area (Å²) >= 11 is 0. The van der Waals surface area contributed by atoms with Crippen molar-refractivity contribution in [1.29, 1.82) is 0 Å². The molecule has 2 fully saturated rings. The van der Waals surface area contributed by atoms with E-state index in [2.05, 4.69) is 58.5 Å². The van der Waals surface area contributed by atoms with Crippen LogP contribution < -0.4 is 0 Å². The van der Waals surface area contributed by atoms with E-state index in [4.69, 9.17) is 4.74 Å². The molecule has 2 aliphatic heterocycles. The SMILES string of the molecule is c1ccc2c(c1)[C@H]1O[C@@H]2[C@H]2[C@@H]1C21c2cccnc2-c2ncccc21. The fourth-order valence-electron chi connectivity index (χ4n) is 5.91. The summed E-state index contributed by atoms with van der Waals surface area (Å²) in [7, 11) is 0. The van der Waals surface area contributed by atoms with Gasteiger partial charge in [-0.15, -0.1) is 0 Å². The Morgan fingerprint density at radius 2 is 1.25 bits per heavy atom. The second kappa shape index (κ2) is 3.60. The lowest BCUT2D eigenvalue weighted by atomic mass is 9.88. The summed E-state index contributed by atoms with van der Waals surface area (Å²) in [5.41, 5.74) is 7.71. The molecule has 24 heavy (non-hydrogen) atoms. The van der Waals surface area contributed by atoms with E-state index in [0.717, 1.165) is 11.4 Å². The maximum atomic E-state index is 6.38. The quantitative estimate of drug-likeness (QED) is 0.633. The number of fused-ring (bicyclic) bond motifs is 15. The molecule has 3 heteroatoms. The summed E-state index contributed by atoms with van der Waals surface area (Å²) < 4.78 is 6.38. The first-order valence-corrected chi connectivity index (χ1v) is 8.58. The standard InChI is InChI=1S/C21H14N2O/c1-2-6-12-11(5-1)19-15-16(20(12)24-19)21(15)13-7-3-9-22-17(13)18-14(21)8-4-10-23-18/h1-10,15-16,19-20H/t15-,16+,19+,20-. The zero-order chi connectivity index (χ0) is 15.5. The Bertz CT molecular complexity index is 961. The van der Waals surface area contributed by atoms with E-state index in [1.165, 1.54) is 22.3 Å². The van der Waals surface area contributed by atoms with E-state index in [0.29, 0.717) is 11.8 Å². The zero-order valence-electron chi connectivity index (χ0n) is 12.9. The third-order valence-corrected chi connectivity index (χ3v) is 6.62. The van der Waals surface area contributed by atoms with Crippen LogP contribution in [0.4, 0.5) is 0 Å². The van der Waals surface area contributed by atoms with Crippen LogP contribution in [0.3, 0.4) is 0 Å². The Hall–Kier alpha value is -2.52. The average molecular weight is 310 g/mol.